The molecule has 0 aliphatic heterocycles. The van der Waals surface area contributed by atoms with Crippen LogP contribution in [0.4, 0.5) is 0 Å². The van der Waals surface area contributed by atoms with Crippen LogP contribution in [0.5, 0.6) is 0 Å². The van der Waals surface area contributed by atoms with Crippen molar-refractivity contribution in [3.63, 3.8) is 0 Å². The fraction of sp³-hybridized carbons (Fsp3) is 0.368. The van der Waals surface area contributed by atoms with Crippen molar-refractivity contribution in [1.82, 2.24) is 5.32 Å². The molecule has 0 aliphatic carbocycles. The largest absolute Gasteiger partial charge is 0.306 e. The lowest BCUT2D eigenvalue weighted by atomic mass is 9.95. The van der Waals surface area contributed by atoms with E-state index in [0.29, 0.717) is 0 Å². The van der Waals surface area contributed by atoms with Gasteiger partial charge in [0.2, 0.25) is 0 Å². The van der Waals surface area contributed by atoms with Gasteiger partial charge in [0.15, 0.2) is 0 Å². The van der Waals surface area contributed by atoms with Gasteiger partial charge in [0.05, 0.1) is 6.04 Å². The number of hydrogen-bond donors (Lipinski definition) is 1. The van der Waals surface area contributed by atoms with Crippen molar-refractivity contribution in [2.75, 3.05) is 6.54 Å². The molecule has 0 heterocycles. The predicted molar refractivity (Wildman–Crippen MR) is 92.1 cm³/mol. The Morgan fingerprint density at radius 2 is 1.86 bits per heavy atom. The highest BCUT2D eigenvalue weighted by Gasteiger charge is 2.14. The van der Waals surface area contributed by atoms with E-state index < -0.39 is 0 Å². The number of aryl methyl sites for hydroxylation is 2. The van der Waals surface area contributed by atoms with Crippen molar-refractivity contribution in [3.8, 4) is 0 Å². The van der Waals surface area contributed by atoms with Crippen LogP contribution in [0.25, 0.3) is 0 Å². The number of rotatable bonds is 6. The van der Waals surface area contributed by atoms with Gasteiger partial charge in [-0.05, 0) is 60.7 Å². The molecule has 1 nitrogen and oxygen atoms in total. The SMILES string of the molecule is CCCNC(c1cc(C)cc(Cl)c1)c1cccc(CC)c1. The van der Waals surface area contributed by atoms with E-state index in [0.717, 1.165) is 24.4 Å². The van der Waals surface area contributed by atoms with Gasteiger partial charge < -0.3 is 5.32 Å². The molecule has 0 fully saturated rings. The van der Waals surface area contributed by atoms with E-state index in [1.165, 1.54) is 22.3 Å². The first-order valence-electron chi connectivity index (χ1n) is 7.73. The van der Waals surface area contributed by atoms with Gasteiger partial charge >= 0.3 is 0 Å². The highest BCUT2D eigenvalue weighted by atomic mass is 35.5. The lowest BCUT2D eigenvalue weighted by molar-refractivity contribution is 0.598. The molecule has 1 N–H and O–H groups in total. The number of benzene rings is 2. The van der Waals surface area contributed by atoms with Crippen LogP contribution >= 0.6 is 11.6 Å². The van der Waals surface area contributed by atoms with Crippen LogP contribution in [0.1, 0.15) is 48.6 Å². The van der Waals surface area contributed by atoms with E-state index in [9.17, 15) is 0 Å². The third-order valence-corrected chi connectivity index (χ3v) is 3.91. The van der Waals surface area contributed by atoms with Crippen molar-refractivity contribution in [3.05, 3.63) is 69.7 Å². The standard InChI is InChI=1S/C19H24ClN/c1-4-9-21-19(16-8-6-7-15(5-2)12-16)17-10-14(3)11-18(20)13-17/h6-8,10-13,19,21H,4-5,9H2,1-3H3. The van der Waals surface area contributed by atoms with Gasteiger partial charge in [-0.2, -0.15) is 0 Å². The lowest BCUT2D eigenvalue weighted by Crippen LogP contribution is -2.23. The zero-order valence-corrected chi connectivity index (χ0v) is 13.9. The molecule has 0 aromatic heterocycles. The summed E-state index contributed by atoms with van der Waals surface area (Å²) in [6, 6.07) is 15.3. The van der Waals surface area contributed by atoms with Gasteiger partial charge in [-0.25, -0.2) is 0 Å². The molecule has 112 valence electrons. The molecule has 0 saturated heterocycles. The van der Waals surface area contributed by atoms with Crippen molar-refractivity contribution >= 4 is 11.6 Å². The molecule has 2 rings (SSSR count). The second-order valence-corrected chi connectivity index (χ2v) is 5.98. The molecule has 1 atom stereocenters. The summed E-state index contributed by atoms with van der Waals surface area (Å²) in [6.45, 7) is 7.47. The minimum absolute atomic E-state index is 0.203. The molecule has 0 radical (unpaired) electrons. The van der Waals surface area contributed by atoms with Gasteiger partial charge in [-0.15, -0.1) is 0 Å². The summed E-state index contributed by atoms with van der Waals surface area (Å²) >= 11 is 6.25. The first kappa shape index (κ1) is 16.1. The average Bonchev–Trinajstić information content (AvgIpc) is 2.47. The highest BCUT2D eigenvalue weighted by Crippen LogP contribution is 2.26. The zero-order chi connectivity index (χ0) is 15.2. The number of nitrogens with one attached hydrogen (secondary N) is 1. The van der Waals surface area contributed by atoms with Crippen LogP contribution in [0.3, 0.4) is 0 Å². The molecule has 21 heavy (non-hydrogen) atoms. The second kappa shape index (κ2) is 7.63. The van der Waals surface area contributed by atoms with Gasteiger partial charge in [-0.3, -0.25) is 0 Å². The van der Waals surface area contributed by atoms with E-state index in [-0.39, 0.29) is 6.04 Å². The monoisotopic (exact) mass is 301 g/mol. The normalized spacial score (nSPS) is 12.4. The summed E-state index contributed by atoms with van der Waals surface area (Å²) in [5.74, 6) is 0. The summed E-state index contributed by atoms with van der Waals surface area (Å²) in [4.78, 5) is 0. The fourth-order valence-corrected chi connectivity index (χ4v) is 2.94. The van der Waals surface area contributed by atoms with Gasteiger partial charge in [0.1, 0.15) is 0 Å². The van der Waals surface area contributed by atoms with E-state index in [2.05, 4.69) is 62.5 Å². The first-order valence-corrected chi connectivity index (χ1v) is 8.11. The Hall–Kier alpha value is -1.31. The van der Waals surface area contributed by atoms with Gasteiger partial charge in [-0.1, -0.05) is 55.8 Å². The quantitative estimate of drug-likeness (QED) is 0.763. The summed E-state index contributed by atoms with van der Waals surface area (Å²) in [5.41, 5.74) is 5.12. The first-order chi connectivity index (χ1) is 10.1. The van der Waals surface area contributed by atoms with Crippen LogP contribution in [-0.4, -0.2) is 6.54 Å². The summed E-state index contributed by atoms with van der Waals surface area (Å²) in [6.07, 6.45) is 2.17. The molecule has 0 bridgehead atoms. The van der Waals surface area contributed by atoms with E-state index >= 15 is 0 Å². The minimum Gasteiger partial charge on any atom is -0.306 e. The van der Waals surface area contributed by atoms with Gasteiger partial charge in [0, 0.05) is 5.02 Å². The summed E-state index contributed by atoms with van der Waals surface area (Å²) in [5, 5.41) is 4.45. The maximum absolute atomic E-state index is 6.25. The minimum atomic E-state index is 0.203. The third-order valence-electron chi connectivity index (χ3n) is 3.69. The summed E-state index contributed by atoms with van der Waals surface area (Å²) in [7, 11) is 0. The van der Waals surface area contributed by atoms with Crippen LogP contribution in [0.2, 0.25) is 5.02 Å². The van der Waals surface area contributed by atoms with E-state index in [4.69, 9.17) is 11.6 Å². The summed E-state index contributed by atoms with van der Waals surface area (Å²) < 4.78 is 0. The Bertz CT molecular complexity index is 572. The molecule has 0 spiro atoms. The zero-order valence-electron chi connectivity index (χ0n) is 13.1. The molecule has 1 unspecified atom stereocenters. The second-order valence-electron chi connectivity index (χ2n) is 5.55. The Balaban J connectivity index is 2.41. The molecule has 2 aromatic carbocycles. The molecule has 0 saturated carbocycles. The number of hydrogen-bond acceptors (Lipinski definition) is 1. The average molecular weight is 302 g/mol. The van der Waals surface area contributed by atoms with Crippen molar-refractivity contribution < 1.29 is 0 Å². The van der Waals surface area contributed by atoms with Gasteiger partial charge in [0.25, 0.3) is 0 Å². The van der Waals surface area contributed by atoms with Crippen molar-refractivity contribution in [1.29, 1.82) is 0 Å². The Labute approximate surface area is 133 Å². The van der Waals surface area contributed by atoms with Crippen LogP contribution in [-0.2, 0) is 6.42 Å². The molecule has 2 aromatic rings. The van der Waals surface area contributed by atoms with E-state index in [1.807, 2.05) is 6.07 Å². The third kappa shape index (κ3) is 4.33. The fourth-order valence-electron chi connectivity index (χ4n) is 2.64. The van der Waals surface area contributed by atoms with Crippen LogP contribution in [0.15, 0.2) is 42.5 Å². The molecule has 0 amide bonds. The lowest BCUT2D eigenvalue weighted by Gasteiger charge is -2.21. The van der Waals surface area contributed by atoms with E-state index in [1.54, 1.807) is 0 Å². The smallest absolute Gasteiger partial charge is 0.0577 e. The molecule has 2 heteroatoms. The number of halogens is 1. The maximum Gasteiger partial charge on any atom is 0.0577 e. The molecular formula is C19H24ClN. The maximum atomic E-state index is 6.25. The Morgan fingerprint density at radius 3 is 2.52 bits per heavy atom. The predicted octanol–water partition coefficient (Wildman–Crippen LogP) is 5.30. The van der Waals surface area contributed by atoms with Crippen molar-refractivity contribution in [2.45, 2.75) is 39.7 Å². The van der Waals surface area contributed by atoms with Crippen LogP contribution in [0, 0.1) is 6.92 Å². The Kier molecular flexibility index (Phi) is 5.84. The van der Waals surface area contributed by atoms with Crippen molar-refractivity contribution in [2.24, 2.45) is 0 Å². The Morgan fingerprint density at radius 1 is 1.05 bits per heavy atom. The van der Waals surface area contributed by atoms with Crippen LogP contribution < -0.4 is 5.32 Å². The highest BCUT2D eigenvalue weighted by molar-refractivity contribution is 6.30. The molecular weight excluding hydrogens is 278 g/mol. The topological polar surface area (TPSA) is 12.0 Å². The molecule has 0 aliphatic rings.